The molecule has 1 unspecified atom stereocenters. The molecule has 0 amide bonds. The molecule has 0 aliphatic rings. The van der Waals surface area contributed by atoms with E-state index in [2.05, 4.69) is 25.9 Å². The van der Waals surface area contributed by atoms with Crippen LogP contribution in [-0.2, 0) is 11.2 Å². The van der Waals surface area contributed by atoms with Crippen molar-refractivity contribution in [3.8, 4) is 0 Å². The first-order valence-electron chi connectivity index (χ1n) is 4.95. The third-order valence-electron chi connectivity index (χ3n) is 2.24. The van der Waals surface area contributed by atoms with Gasteiger partial charge in [-0.05, 0) is 28.8 Å². The van der Waals surface area contributed by atoms with E-state index in [-0.39, 0.29) is 11.7 Å². The van der Waals surface area contributed by atoms with Crippen LogP contribution in [0, 0.1) is 0 Å². The lowest BCUT2D eigenvalue weighted by atomic mass is 10.2. The van der Waals surface area contributed by atoms with Crippen molar-refractivity contribution in [2.75, 3.05) is 7.11 Å². The number of aryl methyl sites for hydroxylation is 1. The van der Waals surface area contributed by atoms with Gasteiger partial charge >= 0.3 is 0 Å². The van der Waals surface area contributed by atoms with E-state index in [1.807, 2.05) is 13.8 Å². The zero-order valence-electron chi connectivity index (χ0n) is 9.13. The van der Waals surface area contributed by atoms with Crippen LogP contribution in [0.25, 0.3) is 0 Å². The van der Waals surface area contributed by atoms with Crippen LogP contribution in [0.2, 0.25) is 0 Å². The molecule has 0 fully saturated rings. The Balaban J connectivity index is 3.21. The maximum atomic E-state index is 11.6. The first kappa shape index (κ1) is 12.4. The van der Waals surface area contributed by atoms with Gasteiger partial charge in [0, 0.05) is 7.11 Å². The summed E-state index contributed by atoms with van der Waals surface area (Å²) in [6.07, 6.45) is 1.36. The van der Waals surface area contributed by atoms with E-state index in [4.69, 9.17) is 4.74 Å². The van der Waals surface area contributed by atoms with E-state index < -0.39 is 0 Å². The molecule has 0 saturated heterocycles. The number of nitrogens with zero attached hydrogens (tertiary/aromatic N) is 1. The number of halogens is 1. The van der Waals surface area contributed by atoms with Gasteiger partial charge in [0.05, 0.1) is 5.69 Å². The number of ether oxygens (including phenoxy) is 1. The quantitative estimate of drug-likeness (QED) is 0.916. The highest BCUT2D eigenvalue weighted by Crippen LogP contribution is 2.17. The standard InChI is InChI=1S/C10H15BrN2O2/c1-4-6-8(11)10(14)13-9(12-6)7(5-2)15-3/h7H,4-5H2,1-3H3,(H,12,13,14). The fraction of sp³-hybridized carbons (Fsp3) is 0.600. The Bertz CT molecular complexity index is 385. The summed E-state index contributed by atoms with van der Waals surface area (Å²) in [5.74, 6) is 0.602. The van der Waals surface area contributed by atoms with Gasteiger partial charge in [0.1, 0.15) is 16.4 Å². The number of aromatic amines is 1. The predicted octanol–water partition coefficient (Wildman–Crippen LogP) is 2.19. The Morgan fingerprint density at radius 1 is 1.53 bits per heavy atom. The van der Waals surface area contributed by atoms with Crippen molar-refractivity contribution in [1.29, 1.82) is 0 Å². The Labute approximate surface area is 97.2 Å². The summed E-state index contributed by atoms with van der Waals surface area (Å²) >= 11 is 3.22. The second-order valence-electron chi connectivity index (χ2n) is 3.20. The SMILES string of the molecule is CCc1nc(C(CC)OC)[nH]c(=O)c1Br. The minimum Gasteiger partial charge on any atom is -0.374 e. The number of methoxy groups -OCH3 is 1. The molecule has 84 valence electrons. The molecule has 0 bridgehead atoms. The van der Waals surface area contributed by atoms with Crippen LogP contribution in [0.3, 0.4) is 0 Å². The molecule has 1 aromatic heterocycles. The van der Waals surface area contributed by atoms with E-state index in [1.165, 1.54) is 0 Å². The molecule has 1 rings (SSSR count). The number of H-pyrrole nitrogens is 1. The first-order chi connectivity index (χ1) is 7.13. The van der Waals surface area contributed by atoms with Gasteiger partial charge in [0.25, 0.3) is 5.56 Å². The molecule has 0 spiro atoms. The highest BCUT2D eigenvalue weighted by molar-refractivity contribution is 9.10. The van der Waals surface area contributed by atoms with Gasteiger partial charge in [-0.1, -0.05) is 13.8 Å². The summed E-state index contributed by atoms with van der Waals surface area (Å²) in [7, 11) is 1.61. The molecular weight excluding hydrogens is 260 g/mol. The second-order valence-corrected chi connectivity index (χ2v) is 3.99. The largest absolute Gasteiger partial charge is 0.374 e. The highest BCUT2D eigenvalue weighted by Gasteiger charge is 2.14. The van der Waals surface area contributed by atoms with Gasteiger partial charge in [-0.25, -0.2) is 4.98 Å². The average Bonchev–Trinajstić information content (AvgIpc) is 2.24. The summed E-state index contributed by atoms with van der Waals surface area (Å²) in [6.45, 7) is 3.95. The maximum absolute atomic E-state index is 11.6. The molecule has 1 aromatic rings. The van der Waals surface area contributed by atoms with Gasteiger partial charge in [-0.2, -0.15) is 0 Å². The molecule has 1 N–H and O–H groups in total. The molecule has 1 heterocycles. The van der Waals surface area contributed by atoms with Crippen molar-refractivity contribution in [2.24, 2.45) is 0 Å². The molecule has 0 saturated carbocycles. The molecule has 5 heteroatoms. The lowest BCUT2D eigenvalue weighted by Gasteiger charge is -2.13. The molecule has 1 atom stereocenters. The van der Waals surface area contributed by atoms with Crippen LogP contribution in [0.15, 0.2) is 9.27 Å². The van der Waals surface area contributed by atoms with Crippen LogP contribution in [0.4, 0.5) is 0 Å². The Kier molecular flexibility index (Phi) is 4.47. The third-order valence-corrected chi connectivity index (χ3v) is 3.06. The minimum atomic E-state index is -0.146. The molecular formula is C10H15BrN2O2. The van der Waals surface area contributed by atoms with Crippen molar-refractivity contribution in [3.05, 3.63) is 26.3 Å². The monoisotopic (exact) mass is 274 g/mol. The third kappa shape index (κ3) is 2.66. The average molecular weight is 275 g/mol. The second kappa shape index (κ2) is 5.42. The zero-order chi connectivity index (χ0) is 11.4. The van der Waals surface area contributed by atoms with Crippen molar-refractivity contribution >= 4 is 15.9 Å². The minimum absolute atomic E-state index is 0.143. The fourth-order valence-electron chi connectivity index (χ4n) is 1.38. The normalized spacial score (nSPS) is 12.8. The summed E-state index contributed by atoms with van der Waals surface area (Å²) in [5, 5.41) is 0. The lowest BCUT2D eigenvalue weighted by Crippen LogP contribution is -2.18. The number of aromatic nitrogens is 2. The summed E-state index contributed by atoms with van der Waals surface area (Å²) in [5.41, 5.74) is 0.622. The summed E-state index contributed by atoms with van der Waals surface area (Å²) in [4.78, 5) is 18.6. The van der Waals surface area contributed by atoms with Crippen molar-refractivity contribution < 1.29 is 4.74 Å². The number of hydrogen-bond acceptors (Lipinski definition) is 3. The van der Waals surface area contributed by atoms with Crippen molar-refractivity contribution in [2.45, 2.75) is 32.8 Å². The lowest BCUT2D eigenvalue weighted by molar-refractivity contribution is 0.0921. The van der Waals surface area contributed by atoms with Crippen LogP contribution in [0.1, 0.15) is 37.9 Å². The van der Waals surface area contributed by atoms with Gasteiger partial charge in [0.2, 0.25) is 0 Å². The van der Waals surface area contributed by atoms with Gasteiger partial charge in [-0.3, -0.25) is 4.79 Å². The summed E-state index contributed by atoms with van der Waals surface area (Å²) in [6, 6.07) is 0. The Hall–Kier alpha value is -0.680. The maximum Gasteiger partial charge on any atom is 0.265 e. The van der Waals surface area contributed by atoms with Crippen LogP contribution in [-0.4, -0.2) is 17.1 Å². The predicted molar refractivity (Wildman–Crippen MR) is 62.0 cm³/mol. The number of rotatable bonds is 4. The number of hydrogen-bond donors (Lipinski definition) is 1. The molecule has 0 aliphatic heterocycles. The molecule has 0 aromatic carbocycles. The van der Waals surface area contributed by atoms with Crippen LogP contribution >= 0.6 is 15.9 Å². The molecule has 0 aliphatic carbocycles. The highest BCUT2D eigenvalue weighted by atomic mass is 79.9. The summed E-state index contributed by atoms with van der Waals surface area (Å²) < 4.78 is 5.75. The smallest absolute Gasteiger partial charge is 0.265 e. The van der Waals surface area contributed by atoms with Gasteiger partial charge < -0.3 is 9.72 Å². The Morgan fingerprint density at radius 2 is 2.20 bits per heavy atom. The van der Waals surface area contributed by atoms with E-state index in [9.17, 15) is 4.79 Å². The molecule has 0 radical (unpaired) electrons. The van der Waals surface area contributed by atoms with Crippen molar-refractivity contribution in [3.63, 3.8) is 0 Å². The fourth-order valence-corrected chi connectivity index (χ4v) is 1.85. The van der Waals surface area contributed by atoms with Crippen molar-refractivity contribution in [1.82, 2.24) is 9.97 Å². The van der Waals surface area contributed by atoms with Crippen LogP contribution in [0.5, 0.6) is 0 Å². The first-order valence-corrected chi connectivity index (χ1v) is 5.74. The molecule has 15 heavy (non-hydrogen) atoms. The van der Waals surface area contributed by atoms with E-state index >= 15 is 0 Å². The van der Waals surface area contributed by atoms with Crippen LogP contribution < -0.4 is 5.56 Å². The Morgan fingerprint density at radius 3 is 2.67 bits per heavy atom. The van der Waals surface area contributed by atoms with E-state index in [0.717, 1.165) is 18.5 Å². The molecule has 4 nitrogen and oxygen atoms in total. The topological polar surface area (TPSA) is 55.0 Å². The van der Waals surface area contributed by atoms with E-state index in [0.29, 0.717) is 10.3 Å². The number of nitrogens with one attached hydrogen (secondary N) is 1. The van der Waals surface area contributed by atoms with E-state index in [1.54, 1.807) is 7.11 Å². The van der Waals surface area contributed by atoms with Gasteiger partial charge in [0.15, 0.2) is 0 Å². The van der Waals surface area contributed by atoms with Gasteiger partial charge in [-0.15, -0.1) is 0 Å². The zero-order valence-corrected chi connectivity index (χ0v) is 10.7.